The zero-order valence-corrected chi connectivity index (χ0v) is 20.1. The van der Waals surface area contributed by atoms with E-state index in [-0.39, 0.29) is 11.4 Å². The van der Waals surface area contributed by atoms with E-state index in [4.69, 9.17) is 19.6 Å². The number of ether oxygens (including phenoxy) is 3. The highest BCUT2D eigenvalue weighted by Gasteiger charge is 2.35. The number of hydrogen-bond donors (Lipinski definition) is 1. The van der Waals surface area contributed by atoms with Gasteiger partial charge < -0.3 is 14.2 Å². The Morgan fingerprint density at radius 3 is 2.59 bits per heavy atom. The molecule has 0 atom stereocenters. The predicted octanol–water partition coefficient (Wildman–Crippen LogP) is 4.88. The lowest BCUT2D eigenvalue weighted by molar-refractivity contribution is -0.114. The van der Waals surface area contributed by atoms with E-state index in [0.717, 1.165) is 29.2 Å². The summed E-state index contributed by atoms with van der Waals surface area (Å²) in [4.78, 5) is 16.7. The molecular weight excluding hydrogens is 452 g/mol. The van der Waals surface area contributed by atoms with Crippen LogP contribution >= 0.6 is 11.8 Å². The topological polar surface area (TPSA) is 96.6 Å². The maximum Gasteiger partial charge on any atom is 0.283 e. The quantitative estimate of drug-likeness (QED) is 0.408. The second-order valence-electron chi connectivity index (χ2n) is 7.64. The van der Waals surface area contributed by atoms with Crippen molar-refractivity contribution in [2.24, 2.45) is 10.1 Å². The first-order valence-corrected chi connectivity index (χ1v) is 11.8. The van der Waals surface area contributed by atoms with Crippen LogP contribution in [0, 0.1) is 12.3 Å². The summed E-state index contributed by atoms with van der Waals surface area (Å²) in [5.74, 6) is 1.47. The molecule has 2 aromatic rings. The van der Waals surface area contributed by atoms with Gasteiger partial charge in [0.05, 0.1) is 12.7 Å². The minimum absolute atomic E-state index is 0.0150. The molecule has 0 bridgehead atoms. The Kier molecular flexibility index (Phi) is 7.32. The van der Waals surface area contributed by atoms with Crippen molar-refractivity contribution in [2.45, 2.75) is 26.7 Å². The minimum atomic E-state index is -0.454. The van der Waals surface area contributed by atoms with Gasteiger partial charge in [-0.15, -0.1) is 0 Å². The monoisotopic (exact) mass is 478 g/mol. The van der Waals surface area contributed by atoms with E-state index in [0.29, 0.717) is 35.4 Å². The van der Waals surface area contributed by atoms with Gasteiger partial charge >= 0.3 is 0 Å². The number of hydrazone groups is 1. The fourth-order valence-electron chi connectivity index (χ4n) is 3.43. The molecule has 0 unspecified atom stereocenters. The second-order valence-corrected chi connectivity index (χ2v) is 8.68. The summed E-state index contributed by atoms with van der Waals surface area (Å²) in [6.45, 7) is 4.78. The Morgan fingerprint density at radius 1 is 1.09 bits per heavy atom. The van der Waals surface area contributed by atoms with Crippen molar-refractivity contribution in [2.75, 3.05) is 20.3 Å². The lowest BCUT2D eigenvalue weighted by Gasteiger charge is -2.20. The number of nitrogens with one attached hydrogen (secondary N) is 1. The van der Waals surface area contributed by atoms with E-state index in [9.17, 15) is 4.79 Å². The predicted molar refractivity (Wildman–Crippen MR) is 135 cm³/mol. The average molecular weight is 479 g/mol. The van der Waals surface area contributed by atoms with Crippen LogP contribution in [0.4, 0.5) is 0 Å². The molecule has 1 amide bonds. The number of hydrogen-bond acceptors (Lipinski definition) is 7. The Bertz CT molecular complexity index is 1210. The van der Waals surface area contributed by atoms with Crippen LogP contribution in [0.5, 0.6) is 17.2 Å². The lowest BCUT2D eigenvalue weighted by Crippen LogP contribution is -2.35. The molecule has 0 aliphatic carbocycles. The van der Waals surface area contributed by atoms with Gasteiger partial charge in [0.25, 0.3) is 5.91 Å². The van der Waals surface area contributed by atoms with Crippen LogP contribution in [-0.4, -0.2) is 47.3 Å². The van der Waals surface area contributed by atoms with Crippen LogP contribution in [-0.2, 0) is 4.79 Å². The molecule has 0 radical (unpaired) electrons. The molecule has 4 rings (SSSR count). The zero-order chi connectivity index (χ0) is 24.1. The third kappa shape index (κ3) is 5.14. The Hall–Kier alpha value is -3.59. The number of nitrogens with zero attached hydrogens (tertiary/aromatic N) is 3. The van der Waals surface area contributed by atoms with E-state index >= 15 is 0 Å². The number of carbonyl (C=O) groups is 1. The number of aliphatic imine (C=N–C) groups is 1. The van der Waals surface area contributed by atoms with Crippen molar-refractivity contribution in [3.63, 3.8) is 0 Å². The molecule has 2 aliphatic rings. The maximum absolute atomic E-state index is 12.6. The first kappa shape index (κ1) is 23.6. The summed E-state index contributed by atoms with van der Waals surface area (Å²) in [5.41, 5.74) is 1.93. The number of thioether (sulfide) groups is 1. The first-order valence-electron chi connectivity index (χ1n) is 11.0. The lowest BCUT2D eigenvalue weighted by atomic mass is 10.1. The van der Waals surface area contributed by atoms with Gasteiger partial charge in [0.1, 0.15) is 24.0 Å². The van der Waals surface area contributed by atoms with Crippen LogP contribution < -0.4 is 14.2 Å². The fourth-order valence-corrected chi connectivity index (χ4v) is 4.41. The summed E-state index contributed by atoms with van der Waals surface area (Å²) in [6, 6.07) is 13.1. The summed E-state index contributed by atoms with van der Waals surface area (Å²) in [5, 5.41) is 15.6. The minimum Gasteiger partial charge on any atom is -0.493 e. The van der Waals surface area contributed by atoms with Crippen molar-refractivity contribution >= 4 is 39.8 Å². The van der Waals surface area contributed by atoms with Gasteiger partial charge in [0.2, 0.25) is 5.17 Å². The summed E-state index contributed by atoms with van der Waals surface area (Å²) >= 11 is 1.34. The van der Waals surface area contributed by atoms with Gasteiger partial charge in [0, 0.05) is 0 Å². The largest absolute Gasteiger partial charge is 0.493 e. The van der Waals surface area contributed by atoms with Gasteiger partial charge in [-0.05, 0) is 66.9 Å². The van der Waals surface area contributed by atoms with Gasteiger partial charge in [-0.1, -0.05) is 31.2 Å². The summed E-state index contributed by atoms with van der Waals surface area (Å²) in [7, 11) is 1.55. The molecular formula is C25H26N4O4S. The molecule has 2 heterocycles. The van der Waals surface area contributed by atoms with Crippen LogP contribution in [0.25, 0.3) is 6.08 Å². The van der Waals surface area contributed by atoms with E-state index < -0.39 is 5.91 Å². The van der Waals surface area contributed by atoms with E-state index in [1.54, 1.807) is 31.4 Å². The second kappa shape index (κ2) is 10.6. The number of benzene rings is 2. The molecule has 176 valence electrons. The fraction of sp³-hybridized carbons (Fsp3) is 0.280. The average Bonchev–Trinajstić information content (AvgIpc) is 3.23. The van der Waals surface area contributed by atoms with Crippen molar-refractivity contribution < 1.29 is 19.0 Å². The summed E-state index contributed by atoms with van der Waals surface area (Å²) in [6.07, 6.45) is 3.34. The number of fused-ring (bicyclic) bond motifs is 1. The third-order valence-corrected chi connectivity index (χ3v) is 6.12. The standard InChI is InChI=1S/C25H26N4O4S/c1-4-7-22-28-29-23(26)18(24(30)27-25(29)34-22)14-17-10-11-20(21(15-17)31-3)33-13-12-32-19-9-6-5-8-16(19)2/h5-6,8-11,14-15,26H,4,7,12-13H2,1-3H3/b18-14-,26-23?. The first-order chi connectivity index (χ1) is 16.5. The van der Waals surface area contributed by atoms with E-state index in [1.807, 2.05) is 31.2 Å². The van der Waals surface area contributed by atoms with Crippen molar-refractivity contribution in [1.82, 2.24) is 5.01 Å². The van der Waals surface area contributed by atoms with Crippen LogP contribution in [0.2, 0.25) is 0 Å². The zero-order valence-electron chi connectivity index (χ0n) is 19.3. The molecule has 0 saturated carbocycles. The number of methoxy groups -OCH3 is 1. The number of aryl methyl sites for hydroxylation is 1. The normalized spacial score (nSPS) is 16.3. The van der Waals surface area contributed by atoms with Crippen LogP contribution in [0.1, 0.15) is 30.9 Å². The van der Waals surface area contributed by atoms with Gasteiger partial charge in [-0.2, -0.15) is 15.1 Å². The van der Waals surface area contributed by atoms with E-state index in [2.05, 4.69) is 17.0 Å². The molecule has 0 aromatic heterocycles. The van der Waals surface area contributed by atoms with E-state index in [1.165, 1.54) is 16.8 Å². The molecule has 34 heavy (non-hydrogen) atoms. The molecule has 2 aromatic carbocycles. The molecule has 8 nitrogen and oxygen atoms in total. The Labute approximate surface area is 202 Å². The van der Waals surface area contributed by atoms with Crippen LogP contribution in [0.3, 0.4) is 0 Å². The number of amidine groups is 2. The maximum atomic E-state index is 12.6. The van der Waals surface area contributed by atoms with Gasteiger partial charge in [-0.25, -0.2) is 0 Å². The number of amides is 1. The molecule has 0 saturated heterocycles. The van der Waals surface area contributed by atoms with Gasteiger partial charge in [0.15, 0.2) is 17.3 Å². The smallest absolute Gasteiger partial charge is 0.283 e. The van der Waals surface area contributed by atoms with Crippen molar-refractivity contribution in [3.05, 3.63) is 59.2 Å². The molecule has 1 N–H and O–H groups in total. The molecule has 9 heteroatoms. The van der Waals surface area contributed by atoms with Crippen LogP contribution in [0.15, 0.2) is 58.1 Å². The van der Waals surface area contributed by atoms with Crippen molar-refractivity contribution in [1.29, 1.82) is 5.41 Å². The molecule has 0 fully saturated rings. The Balaban J connectivity index is 1.44. The highest BCUT2D eigenvalue weighted by atomic mass is 32.2. The van der Waals surface area contributed by atoms with Gasteiger partial charge in [-0.3, -0.25) is 10.2 Å². The SMILES string of the molecule is CCCC1=NN2C(=N)/C(=C/c3ccc(OCCOc4ccccc4C)c(OC)c3)C(=O)N=C2S1. The van der Waals surface area contributed by atoms with Crippen molar-refractivity contribution in [3.8, 4) is 17.2 Å². The third-order valence-electron chi connectivity index (χ3n) is 5.15. The number of carbonyl (C=O) groups excluding carboxylic acids is 1. The number of para-hydroxylation sites is 1. The summed E-state index contributed by atoms with van der Waals surface area (Å²) < 4.78 is 17.1. The molecule has 2 aliphatic heterocycles. The highest BCUT2D eigenvalue weighted by Crippen LogP contribution is 2.32. The number of rotatable bonds is 9. The Morgan fingerprint density at radius 2 is 1.85 bits per heavy atom. The molecule has 0 spiro atoms. The highest BCUT2D eigenvalue weighted by molar-refractivity contribution is 8.26.